The standard InChI is InChI=1S/C8H6ClFN4O2S2/c9-5-1-4(11)2-6(8(5)10)18(15,16)13-7-3-12-14-17-7/h1-3,13H,11H2. The van der Waals surface area contributed by atoms with Crippen molar-refractivity contribution in [2.24, 2.45) is 0 Å². The zero-order valence-corrected chi connectivity index (χ0v) is 11.0. The maximum absolute atomic E-state index is 13.7. The van der Waals surface area contributed by atoms with E-state index in [2.05, 4.69) is 14.3 Å². The zero-order valence-electron chi connectivity index (χ0n) is 8.59. The van der Waals surface area contributed by atoms with Gasteiger partial charge in [-0.05, 0) is 12.1 Å². The number of aromatic nitrogens is 2. The number of hydrogen-bond acceptors (Lipinski definition) is 6. The van der Waals surface area contributed by atoms with Crippen molar-refractivity contribution in [3.8, 4) is 0 Å². The molecule has 1 aromatic heterocycles. The topological polar surface area (TPSA) is 98.0 Å². The molecule has 0 aliphatic carbocycles. The van der Waals surface area contributed by atoms with Crippen LogP contribution in [0.5, 0.6) is 0 Å². The van der Waals surface area contributed by atoms with Gasteiger partial charge in [0, 0.05) is 17.2 Å². The summed E-state index contributed by atoms with van der Waals surface area (Å²) in [6, 6.07) is 2.11. The van der Waals surface area contributed by atoms with Gasteiger partial charge in [-0.2, -0.15) is 0 Å². The van der Waals surface area contributed by atoms with Crippen molar-refractivity contribution in [1.29, 1.82) is 0 Å². The summed E-state index contributed by atoms with van der Waals surface area (Å²) < 4.78 is 43.1. The number of sulfonamides is 1. The molecule has 0 atom stereocenters. The minimum atomic E-state index is -4.12. The molecule has 6 nitrogen and oxygen atoms in total. The van der Waals surface area contributed by atoms with Gasteiger partial charge in [0.25, 0.3) is 10.0 Å². The third kappa shape index (κ3) is 2.52. The van der Waals surface area contributed by atoms with Gasteiger partial charge in [0.2, 0.25) is 0 Å². The van der Waals surface area contributed by atoms with Crippen LogP contribution in [0.1, 0.15) is 0 Å². The third-order valence-electron chi connectivity index (χ3n) is 1.90. The molecule has 18 heavy (non-hydrogen) atoms. The number of nitrogens with two attached hydrogens (primary N) is 1. The monoisotopic (exact) mass is 308 g/mol. The Hall–Kier alpha value is -1.45. The number of nitrogens with one attached hydrogen (secondary N) is 1. The molecule has 0 fully saturated rings. The summed E-state index contributed by atoms with van der Waals surface area (Å²) in [5.41, 5.74) is 5.48. The van der Waals surface area contributed by atoms with Crippen LogP contribution in [-0.2, 0) is 10.0 Å². The van der Waals surface area contributed by atoms with Crippen molar-refractivity contribution < 1.29 is 12.8 Å². The Bertz CT molecular complexity index is 675. The first-order valence-corrected chi connectivity index (χ1v) is 7.08. The number of benzene rings is 1. The van der Waals surface area contributed by atoms with Gasteiger partial charge in [-0.25, -0.2) is 12.8 Å². The minimum absolute atomic E-state index is 0.0456. The molecule has 0 radical (unpaired) electrons. The summed E-state index contributed by atoms with van der Waals surface area (Å²) in [4.78, 5) is -0.624. The molecule has 0 aliphatic rings. The Balaban J connectivity index is 2.48. The van der Waals surface area contributed by atoms with E-state index in [1.165, 1.54) is 6.20 Å². The normalized spacial score (nSPS) is 11.4. The molecule has 2 rings (SSSR count). The van der Waals surface area contributed by atoms with Crippen LogP contribution >= 0.6 is 23.1 Å². The summed E-state index contributed by atoms with van der Waals surface area (Å²) in [5.74, 6) is -1.06. The van der Waals surface area contributed by atoms with Crippen LogP contribution in [0.4, 0.5) is 15.1 Å². The van der Waals surface area contributed by atoms with Crippen LogP contribution < -0.4 is 10.5 Å². The van der Waals surface area contributed by atoms with Crippen molar-refractivity contribution in [2.75, 3.05) is 10.5 Å². The molecule has 1 heterocycles. The van der Waals surface area contributed by atoms with Gasteiger partial charge >= 0.3 is 0 Å². The van der Waals surface area contributed by atoms with E-state index in [4.69, 9.17) is 17.3 Å². The van der Waals surface area contributed by atoms with Crippen LogP contribution in [-0.4, -0.2) is 18.0 Å². The lowest BCUT2D eigenvalue weighted by atomic mass is 10.3. The second kappa shape index (κ2) is 4.67. The molecule has 0 saturated heterocycles. The fraction of sp³-hybridized carbons (Fsp3) is 0. The average molecular weight is 309 g/mol. The second-order valence-corrected chi connectivity index (χ2v) is 6.05. The van der Waals surface area contributed by atoms with Gasteiger partial charge in [-0.3, -0.25) is 4.72 Å². The van der Waals surface area contributed by atoms with Crippen molar-refractivity contribution in [1.82, 2.24) is 9.59 Å². The fourth-order valence-corrected chi connectivity index (χ4v) is 3.28. The predicted octanol–water partition coefficient (Wildman–Crippen LogP) is 1.71. The smallest absolute Gasteiger partial charge is 0.265 e. The van der Waals surface area contributed by atoms with Crippen LogP contribution in [0.25, 0.3) is 0 Å². The Morgan fingerprint density at radius 1 is 1.44 bits per heavy atom. The van der Waals surface area contributed by atoms with Gasteiger partial charge < -0.3 is 5.73 Å². The summed E-state index contributed by atoms with van der Waals surface area (Å²) >= 11 is 6.36. The second-order valence-electron chi connectivity index (χ2n) is 3.20. The summed E-state index contributed by atoms with van der Waals surface area (Å²) in [6.07, 6.45) is 1.20. The van der Waals surface area contributed by atoms with E-state index < -0.39 is 20.7 Å². The first-order valence-electron chi connectivity index (χ1n) is 4.45. The number of hydrogen-bond donors (Lipinski definition) is 2. The predicted molar refractivity (Wildman–Crippen MR) is 66.5 cm³/mol. The molecular formula is C8H6ClFN4O2S2. The van der Waals surface area contributed by atoms with Crippen LogP contribution in [0.3, 0.4) is 0 Å². The van der Waals surface area contributed by atoms with Crippen LogP contribution in [0, 0.1) is 5.82 Å². The highest BCUT2D eigenvalue weighted by Crippen LogP contribution is 2.27. The maximum Gasteiger partial charge on any atom is 0.265 e. The molecule has 0 saturated carbocycles. The number of rotatable bonds is 3. The van der Waals surface area contributed by atoms with E-state index in [0.29, 0.717) is 0 Å². The van der Waals surface area contributed by atoms with Crippen LogP contribution in [0.2, 0.25) is 5.02 Å². The number of anilines is 2. The van der Waals surface area contributed by atoms with E-state index in [9.17, 15) is 12.8 Å². The summed E-state index contributed by atoms with van der Waals surface area (Å²) in [6.45, 7) is 0. The van der Waals surface area contributed by atoms with E-state index in [0.717, 1.165) is 23.7 Å². The lowest BCUT2D eigenvalue weighted by Gasteiger charge is -2.08. The Morgan fingerprint density at radius 3 is 2.78 bits per heavy atom. The zero-order chi connectivity index (χ0) is 13.3. The van der Waals surface area contributed by atoms with Crippen molar-refractivity contribution in [3.63, 3.8) is 0 Å². The Morgan fingerprint density at radius 2 is 2.17 bits per heavy atom. The highest BCUT2D eigenvalue weighted by Gasteiger charge is 2.22. The maximum atomic E-state index is 13.7. The lowest BCUT2D eigenvalue weighted by molar-refractivity contribution is 0.571. The van der Waals surface area contributed by atoms with Crippen molar-refractivity contribution >= 4 is 43.8 Å². The average Bonchev–Trinajstić information content (AvgIpc) is 2.75. The van der Waals surface area contributed by atoms with E-state index in [1.54, 1.807) is 0 Å². The molecule has 96 valence electrons. The fourth-order valence-electron chi connectivity index (χ4n) is 1.18. The van der Waals surface area contributed by atoms with Gasteiger partial charge in [0.05, 0.1) is 11.2 Å². The number of nitrogens with zero attached hydrogens (tertiary/aromatic N) is 2. The van der Waals surface area contributed by atoms with Gasteiger partial charge in [0.15, 0.2) is 5.82 Å². The van der Waals surface area contributed by atoms with Crippen molar-refractivity contribution in [3.05, 3.63) is 29.2 Å². The molecule has 2 aromatic rings. The first kappa shape index (κ1) is 13.0. The first-order chi connectivity index (χ1) is 8.40. The van der Waals surface area contributed by atoms with E-state index in [-0.39, 0.29) is 15.7 Å². The van der Waals surface area contributed by atoms with Gasteiger partial charge in [-0.1, -0.05) is 16.1 Å². The van der Waals surface area contributed by atoms with Gasteiger partial charge in [0.1, 0.15) is 9.90 Å². The third-order valence-corrected chi connectivity index (χ3v) is 4.25. The molecule has 10 heteroatoms. The minimum Gasteiger partial charge on any atom is -0.399 e. The Kier molecular flexibility index (Phi) is 3.37. The molecule has 0 unspecified atom stereocenters. The largest absolute Gasteiger partial charge is 0.399 e. The van der Waals surface area contributed by atoms with Crippen molar-refractivity contribution in [2.45, 2.75) is 4.90 Å². The molecule has 0 aliphatic heterocycles. The highest BCUT2D eigenvalue weighted by molar-refractivity contribution is 7.93. The molecule has 0 bridgehead atoms. The van der Waals surface area contributed by atoms with E-state index >= 15 is 0 Å². The SMILES string of the molecule is Nc1cc(Cl)c(F)c(S(=O)(=O)Nc2cnns2)c1. The van der Waals surface area contributed by atoms with Gasteiger partial charge in [-0.15, -0.1) is 5.10 Å². The van der Waals surface area contributed by atoms with E-state index in [1.807, 2.05) is 0 Å². The molecule has 3 N–H and O–H groups in total. The summed E-state index contributed by atoms with van der Waals surface area (Å²) in [7, 11) is -4.12. The highest BCUT2D eigenvalue weighted by atomic mass is 35.5. The van der Waals surface area contributed by atoms with Crippen LogP contribution in [0.15, 0.2) is 23.2 Å². The number of nitrogen functional groups attached to an aromatic ring is 1. The summed E-state index contributed by atoms with van der Waals surface area (Å²) in [5, 5.41) is 3.25. The Labute approximate surface area is 111 Å². The molecule has 0 amide bonds. The molecular weight excluding hydrogens is 303 g/mol. The molecule has 0 spiro atoms. The number of halogens is 2. The lowest BCUT2D eigenvalue weighted by Crippen LogP contribution is -2.14. The quantitative estimate of drug-likeness (QED) is 0.841. The molecule has 1 aromatic carbocycles.